The van der Waals surface area contributed by atoms with E-state index in [4.69, 9.17) is 10.5 Å². The Morgan fingerprint density at radius 3 is 2.64 bits per heavy atom. The highest BCUT2D eigenvalue weighted by Gasteiger charge is 2.23. The summed E-state index contributed by atoms with van der Waals surface area (Å²) in [5.41, 5.74) is 6.43. The molecule has 1 saturated carbocycles. The molecule has 0 saturated heterocycles. The maximum absolute atomic E-state index is 14.0. The Bertz CT molecular complexity index is 529. The Morgan fingerprint density at radius 1 is 1.41 bits per heavy atom. The van der Waals surface area contributed by atoms with Crippen LogP contribution in [0.1, 0.15) is 45.2 Å². The molecule has 0 bridgehead atoms. The van der Waals surface area contributed by atoms with Crippen molar-refractivity contribution in [2.24, 2.45) is 17.6 Å². The zero-order valence-corrected chi connectivity index (χ0v) is 13.4. The van der Waals surface area contributed by atoms with Gasteiger partial charge in [-0.1, -0.05) is 13.0 Å². The number of carbonyl (C=O) groups excluding carboxylic acids is 1. The van der Waals surface area contributed by atoms with E-state index >= 15 is 0 Å². The molecule has 3 N–H and O–H groups in total. The largest absolute Gasteiger partial charge is 0.490 e. The van der Waals surface area contributed by atoms with Gasteiger partial charge in [-0.3, -0.25) is 4.79 Å². The monoisotopic (exact) mass is 308 g/mol. The van der Waals surface area contributed by atoms with Gasteiger partial charge in [0.15, 0.2) is 11.6 Å². The molecule has 0 radical (unpaired) electrons. The molecular weight excluding hydrogens is 283 g/mol. The van der Waals surface area contributed by atoms with E-state index in [1.165, 1.54) is 18.9 Å². The van der Waals surface area contributed by atoms with Crippen LogP contribution >= 0.6 is 0 Å². The number of carbonyl (C=O) groups is 1. The van der Waals surface area contributed by atoms with Crippen LogP contribution in [-0.4, -0.2) is 18.6 Å². The van der Waals surface area contributed by atoms with E-state index in [-0.39, 0.29) is 35.5 Å². The minimum absolute atomic E-state index is 0.128. The Kier molecular flexibility index (Phi) is 5.40. The number of rotatable bonds is 7. The molecule has 0 heterocycles. The second-order valence-corrected chi connectivity index (χ2v) is 6.32. The fourth-order valence-electron chi connectivity index (χ4n) is 2.06. The fraction of sp³-hybridized carbons (Fsp3) is 0.588. The van der Waals surface area contributed by atoms with Crippen molar-refractivity contribution in [3.8, 4) is 5.75 Å². The molecule has 1 amide bonds. The summed E-state index contributed by atoms with van der Waals surface area (Å²) >= 11 is 0. The predicted molar refractivity (Wildman–Crippen MR) is 84.0 cm³/mol. The van der Waals surface area contributed by atoms with E-state index in [1.807, 2.05) is 6.92 Å². The number of halogens is 1. The molecule has 0 aromatic heterocycles. The van der Waals surface area contributed by atoms with Crippen molar-refractivity contribution >= 4 is 5.91 Å². The van der Waals surface area contributed by atoms with Crippen molar-refractivity contribution in [1.29, 1.82) is 0 Å². The number of nitrogens with two attached hydrogens (primary N) is 1. The second kappa shape index (κ2) is 7.09. The zero-order valence-electron chi connectivity index (χ0n) is 13.4. The lowest BCUT2D eigenvalue weighted by atomic mass is 10.0. The third kappa shape index (κ3) is 4.44. The highest BCUT2D eigenvalue weighted by Crippen LogP contribution is 2.30. The third-order valence-corrected chi connectivity index (χ3v) is 4.19. The molecule has 5 heteroatoms. The quantitative estimate of drug-likeness (QED) is 0.814. The normalized spacial score (nSPS) is 18.4. The van der Waals surface area contributed by atoms with Crippen molar-refractivity contribution in [2.75, 3.05) is 6.61 Å². The van der Waals surface area contributed by atoms with Gasteiger partial charge in [-0.25, -0.2) is 4.39 Å². The molecule has 3 atom stereocenters. The van der Waals surface area contributed by atoms with E-state index in [0.717, 1.165) is 0 Å². The van der Waals surface area contributed by atoms with Gasteiger partial charge in [-0.15, -0.1) is 0 Å². The van der Waals surface area contributed by atoms with Crippen molar-refractivity contribution in [1.82, 2.24) is 5.32 Å². The smallest absolute Gasteiger partial charge is 0.224 e. The van der Waals surface area contributed by atoms with Crippen LogP contribution in [0.5, 0.6) is 5.75 Å². The number of ether oxygens (including phenoxy) is 1. The lowest BCUT2D eigenvalue weighted by Gasteiger charge is -2.20. The van der Waals surface area contributed by atoms with Crippen molar-refractivity contribution < 1.29 is 13.9 Å². The Morgan fingerprint density at radius 2 is 2.09 bits per heavy atom. The van der Waals surface area contributed by atoms with E-state index in [1.54, 1.807) is 26.0 Å². The molecule has 1 aromatic rings. The second-order valence-electron chi connectivity index (χ2n) is 6.32. The summed E-state index contributed by atoms with van der Waals surface area (Å²) in [6.07, 6.45) is 2.33. The van der Waals surface area contributed by atoms with Crippen molar-refractivity contribution in [3.63, 3.8) is 0 Å². The van der Waals surface area contributed by atoms with E-state index in [2.05, 4.69) is 5.32 Å². The first-order valence-electron chi connectivity index (χ1n) is 7.86. The summed E-state index contributed by atoms with van der Waals surface area (Å²) in [6.45, 7) is 5.97. The Hall–Kier alpha value is -1.62. The standard InChI is InChI=1S/C17H25FN2O2/c1-10(11(2)19)17(21)20-12(3)14-6-7-16(15(18)8-14)22-9-13-4-5-13/h6-8,10-13H,4-5,9,19H2,1-3H3,(H,20,21). The number of benzene rings is 1. The Labute approximate surface area is 131 Å². The first-order valence-corrected chi connectivity index (χ1v) is 7.86. The van der Waals surface area contributed by atoms with E-state index < -0.39 is 0 Å². The zero-order chi connectivity index (χ0) is 16.3. The van der Waals surface area contributed by atoms with Crippen LogP contribution in [0.25, 0.3) is 0 Å². The molecule has 1 aromatic carbocycles. The van der Waals surface area contributed by atoms with Gasteiger partial charge in [0.25, 0.3) is 0 Å². The first-order chi connectivity index (χ1) is 10.4. The molecule has 0 aliphatic heterocycles. The van der Waals surface area contributed by atoms with Crippen LogP contribution in [0, 0.1) is 17.7 Å². The maximum Gasteiger partial charge on any atom is 0.224 e. The van der Waals surface area contributed by atoms with Gasteiger partial charge in [0.1, 0.15) is 0 Å². The average molecular weight is 308 g/mol. The molecule has 22 heavy (non-hydrogen) atoms. The lowest BCUT2D eigenvalue weighted by molar-refractivity contribution is -0.125. The molecule has 0 spiro atoms. The maximum atomic E-state index is 14.0. The van der Waals surface area contributed by atoms with Gasteiger partial charge in [0, 0.05) is 12.0 Å². The summed E-state index contributed by atoms with van der Waals surface area (Å²) in [4.78, 5) is 12.0. The molecule has 1 aliphatic carbocycles. The van der Waals surface area contributed by atoms with Gasteiger partial charge >= 0.3 is 0 Å². The molecule has 1 fully saturated rings. The summed E-state index contributed by atoms with van der Waals surface area (Å²) in [6, 6.07) is 4.34. The minimum Gasteiger partial charge on any atom is -0.490 e. The summed E-state index contributed by atoms with van der Waals surface area (Å²) in [5.74, 6) is 0.0556. The predicted octanol–water partition coefficient (Wildman–Crippen LogP) is 2.78. The molecule has 1 aliphatic rings. The van der Waals surface area contributed by atoms with Crippen molar-refractivity contribution in [3.05, 3.63) is 29.6 Å². The topological polar surface area (TPSA) is 64.4 Å². The summed E-state index contributed by atoms with van der Waals surface area (Å²) < 4.78 is 19.5. The van der Waals surface area contributed by atoms with Gasteiger partial charge in [0.2, 0.25) is 5.91 Å². The highest BCUT2D eigenvalue weighted by molar-refractivity contribution is 5.79. The fourth-order valence-corrected chi connectivity index (χ4v) is 2.06. The lowest BCUT2D eigenvalue weighted by Crippen LogP contribution is -2.39. The van der Waals surface area contributed by atoms with E-state index in [0.29, 0.717) is 18.1 Å². The SMILES string of the molecule is CC(NC(=O)C(C)C(C)N)c1ccc(OCC2CC2)c(F)c1. The third-order valence-electron chi connectivity index (χ3n) is 4.19. The number of amides is 1. The van der Waals surface area contributed by atoms with Crippen LogP contribution in [0.3, 0.4) is 0 Å². The van der Waals surface area contributed by atoms with Crippen LogP contribution in [0.15, 0.2) is 18.2 Å². The van der Waals surface area contributed by atoms with E-state index in [9.17, 15) is 9.18 Å². The Balaban J connectivity index is 1.95. The highest BCUT2D eigenvalue weighted by atomic mass is 19.1. The number of hydrogen-bond acceptors (Lipinski definition) is 3. The van der Waals surface area contributed by atoms with Gasteiger partial charge < -0.3 is 15.8 Å². The van der Waals surface area contributed by atoms with Crippen LogP contribution < -0.4 is 15.8 Å². The average Bonchev–Trinajstić information content (AvgIpc) is 3.28. The number of nitrogens with one attached hydrogen (secondary N) is 1. The molecule has 4 nitrogen and oxygen atoms in total. The molecule has 122 valence electrons. The van der Waals surface area contributed by atoms with Gasteiger partial charge in [-0.2, -0.15) is 0 Å². The van der Waals surface area contributed by atoms with Crippen LogP contribution in [0.2, 0.25) is 0 Å². The number of hydrogen-bond donors (Lipinski definition) is 2. The van der Waals surface area contributed by atoms with Crippen LogP contribution in [0.4, 0.5) is 4.39 Å². The summed E-state index contributed by atoms with van der Waals surface area (Å²) in [7, 11) is 0. The van der Waals surface area contributed by atoms with Gasteiger partial charge in [-0.05, 0) is 50.3 Å². The summed E-state index contributed by atoms with van der Waals surface area (Å²) in [5, 5.41) is 2.86. The minimum atomic E-state index is -0.389. The van der Waals surface area contributed by atoms with Crippen molar-refractivity contribution in [2.45, 2.75) is 45.7 Å². The molecule has 2 rings (SSSR count). The molecular formula is C17H25FN2O2. The van der Waals surface area contributed by atoms with Gasteiger partial charge in [0.05, 0.1) is 12.6 Å². The molecule has 3 unspecified atom stereocenters. The first kappa shape index (κ1) is 16.7. The van der Waals surface area contributed by atoms with Crippen LogP contribution in [-0.2, 0) is 4.79 Å².